The van der Waals surface area contributed by atoms with Gasteiger partial charge in [0.1, 0.15) is 0 Å². The fourth-order valence-electron chi connectivity index (χ4n) is 4.60. The quantitative estimate of drug-likeness (QED) is 0.593. The minimum absolute atomic E-state index is 0.121. The first-order valence-corrected chi connectivity index (χ1v) is 13.2. The molecule has 0 radical (unpaired) electrons. The molecule has 0 aliphatic heterocycles. The van der Waals surface area contributed by atoms with Gasteiger partial charge in [0.15, 0.2) is 0 Å². The molecule has 0 bridgehead atoms. The average molecular weight is 455 g/mol. The van der Waals surface area contributed by atoms with Crippen LogP contribution in [0.25, 0.3) is 0 Å². The summed E-state index contributed by atoms with van der Waals surface area (Å²) in [5.74, 6) is 1.22. The Morgan fingerprint density at radius 3 is 2.06 bits per heavy atom. The van der Waals surface area contributed by atoms with Gasteiger partial charge in [0.05, 0.1) is 10.3 Å². The number of benzene rings is 2. The second-order valence-electron chi connectivity index (χ2n) is 9.92. The van der Waals surface area contributed by atoms with E-state index in [1.807, 2.05) is 24.3 Å². The highest BCUT2D eigenvalue weighted by atomic mass is 32.2. The molecular formula is C26H34N2O3S. The molecule has 172 valence electrons. The van der Waals surface area contributed by atoms with Gasteiger partial charge in [-0.1, -0.05) is 45.0 Å². The summed E-state index contributed by atoms with van der Waals surface area (Å²) in [7, 11) is -3.66. The molecule has 5 nitrogen and oxygen atoms in total. The fourth-order valence-corrected chi connectivity index (χ4v) is 5.66. The van der Waals surface area contributed by atoms with Gasteiger partial charge >= 0.3 is 0 Å². The van der Waals surface area contributed by atoms with Crippen LogP contribution in [0.2, 0.25) is 0 Å². The van der Waals surface area contributed by atoms with Gasteiger partial charge in [0, 0.05) is 11.7 Å². The number of amides is 1. The Morgan fingerprint density at radius 1 is 0.938 bits per heavy atom. The summed E-state index contributed by atoms with van der Waals surface area (Å²) in [6, 6.07) is 14.5. The Hall–Kier alpha value is -2.34. The van der Waals surface area contributed by atoms with E-state index < -0.39 is 15.4 Å². The van der Waals surface area contributed by atoms with Crippen LogP contribution >= 0.6 is 0 Å². The van der Waals surface area contributed by atoms with Crippen molar-refractivity contribution in [3.8, 4) is 0 Å². The fraction of sp³-hybridized carbons (Fsp3) is 0.500. The van der Waals surface area contributed by atoms with Crippen molar-refractivity contribution in [2.75, 3.05) is 4.72 Å². The molecule has 6 heteroatoms. The zero-order valence-corrected chi connectivity index (χ0v) is 20.0. The molecular weight excluding hydrogens is 420 g/mol. The van der Waals surface area contributed by atoms with E-state index in [1.165, 1.54) is 12.8 Å². The first kappa shape index (κ1) is 22.8. The topological polar surface area (TPSA) is 75.3 Å². The van der Waals surface area contributed by atoms with Crippen molar-refractivity contribution in [3.05, 3.63) is 59.7 Å². The van der Waals surface area contributed by atoms with E-state index in [1.54, 1.807) is 24.3 Å². The van der Waals surface area contributed by atoms with E-state index in [-0.39, 0.29) is 16.8 Å². The summed E-state index contributed by atoms with van der Waals surface area (Å²) in [4.78, 5) is 13.3. The van der Waals surface area contributed by atoms with Gasteiger partial charge < -0.3 is 5.32 Å². The maximum Gasteiger partial charge on any atom is 0.261 e. The van der Waals surface area contributed by atoms with E-state index in [2.05, 4.69) is 30.8 Å². The molecule has 32 heavy (non-hydrogen) atoms. The van der Waals surface area contributed by atoms with Gasteiger partial charge in [-0.15, -0.1) is 0 Å². The number of rotatable bonds is 7. The van der Waals surface area contributed by atoms with Crippen LogP contribution in [0.3, 0.4) is 0 Å². The third-order valence-electron chi connectivity index (χ3n) is 7.08. The van der Waals surface area contributed by atoms with Gasteiger partial charge in [-0.3, -0.25) is 9.52 Å². The monoisotopic (exact) mass is 454 g/mol. The molecule has 2 aromatic rings. The summed E-state index contributed by atoms with van der Waals surface area (Å²) < 4.78 is 28.2. The number of carbonyl (C=O) groups excluding carboxylic acids is 1. The van der Waals surface area contributed by atoms with Crippen molar-refractivity contribution in [2.45, 2.75) is 81.6 Å². The van der Waals surface area contributed by atoms with Crippen molar-refractivity contribution >= 4 is 21.6 Å². The number of sulfonamides is 1. The molecule has 1 amide bonds. The minimum Gasteiger partial charge on any atom is -0.353 e. The number of hydrogen-bond acceptors (Lipinski definition) is 3. The lowest BCUT2D eigenvalue weighted by Gasteiger charge is -2.28. The molecule has 0 aromatic heterocycles. The van der Waals surface area contributed by atoms with E-state index in [9.17, 15) is 13.2 Å². The van der Waals surface area contributed by atoms with Crippen LogP contribution in [0.5, 0.6) is 0 Å². The third kappa shape index (κ3) is 4.85. The molecule has 4 rings (SSSR count). The number of hydrogen-bond donors (Lipinski definition) is 2. The standard InChI is InChI=1S/C26H34N2O3S/c1-18(2)20-6-14-24(15-7-20)32(30,31)28-23-12-8-21(9-13-23)26(16-17-26)25(29)27-22-10-4-19(3)5-11-22/h6-9,12-15,18-19,22,28H,4-5,10-11,16-17H2,1-3H3,(H,27,29). The number of anilines is 1. The maximum absolute atomic E-state index is 13.0. The molecule has 0 atom stereocenters. The first-order chi connectivity index (χ1) is 15.2. The molecule has 0 saturated heterocycles. The normalized spacial score (nSPS) is 22.4. The van der Waals surface area contributed by atoms with Crippen LogP contribution in [0.4, 0.5) is 5.69 Å². The van der Waals surface area contributed by atoms with Crippen LogP contribution in [0.15, 0.2) is 53.4 Å². The zero-order valence-electron chi connectivity index (χ0n) is 19.2. The molecule has 2 aromatic carbocycles. The van der Waals surface area contributed by atoms with E-state index in [0.717, 1.165) is 42.7 Å². The lowest BCUT2D eigenvalue weighted by molar-refractivity contribution is -0.124. The first-order valence-electron chi connectivity index (χ1n) is 11.7. The Morgan fingerprint density at radius 2 is 1.53 bits per heavy atom. The highest BCUT2D eigenvalue weighted by Crippen LogP contribution is 2.49. The average Bonchev–Trinajstić information content (AvgIpc) is 3.58. The SMILES string of the molecule is CC1CCC(NC(=O)C2(c3ccc(NS(=O)(=O)c4ccc(C(C)C)cc4)cc3)CC2)CC1. The van der Waals surface area contributed by atoms with Gasteiger partial charge in [0.2, 0.25) is 5.91 Å². The second-order valence-corrected chi connectivity index (χ2v) is 11.6. The largest absolute Gasteiger partial charge is 0.353 e. The maximum atomic E-state index is 13.0. The number of carbonyl (C=O) groups is 1. The molecule has 2 fully saturated rings. The molecule has 2 N–H and O–H groups in total. The lowest BCUT2D eigenvalue weighted by atomic mass is 9.86. The molecule has 2 saturated carbocycles. The second kappa shape index (κ2) is 8.89. The zero-order chi connectivity index (χ0) is 22.9. The van der Waals surface area contributed by atoms with E-state index >= 15 is 0 Å². The van der Waals surface area contributed by atoms with Gasteiger partial charge in [-0.05, 0) is 85.8 Å². The van der Waals surface area contributed by atoms with Gasteiger partial charge in [-0.2, -0.15) is 0 Å². The highest BCUT2D eigenvalue weighted by Gasteiger charge is 2.51. The number of nitrogens with one attached hydrogen (secondary N) is 2. The molecule has 0 heterocycles. The summed E-state index contributed by atoms with van der Waals surface area (Å²) >= 11 is 0. The Labute approximate surface area is 192 Å². The highest BCUT2D eigenvalue weighted by molar-refractivity contribution is 7.92. The van der Waals surface area contributed by atoms with E-state index in [0.29, 0.717) is 11.6 Å². The van der Waals surface area contributed by atoms with Crippen LogP contribution in [-0.2, 0) is 20.2 Å². The molecule has 2 aliphatic carbocycles. The predicted octanol–water partition coefficient (Wildman–Crippen LogP) is 5.34. The van der Waals surface area contributed by atoms with Gasteiger partial charge in [-0.25, -0.2) is 8.42 Å². The Balaban J connectivity index is 1.42. The van der Waals surface area contributed by atoms with Crippen molar-refractivity contribution < 1.29 is 13.2 Å². The minimum atomic E-state index is -3.66. The van der Waals surface area contributed by atoms with Crippen LogP contribution in [0.1, 0.15) is 76.3 Å². The van der Waals surface area contributed by atoms with Crippen LogP contribution in [-0.4, -0.2) is 20.4 Å². The molecule has 2 aliphatic rings. The summed E-state index contributed by atoms with van der Waals surface area (Å²) in [5, 5.41) is 3.28. The molecule has 0 unspecified atom stereocenters. The van der Waals surface area contributed by atoms with Crippen LogP contribution < -0.4 is 10.0 Å². The van der Waals surface area contributed by atoms with Crippen molar-refractivity contribution in [1.82, 2.24) is 5.32 Å². The van der Waals surface area contributed by atoms with Crippen molar-refractivity contribution in [1.29, 1.82) is 0 Å². The van der Waals surface area contributed by atoms with Gasteiger partial charge in [0.25, 0.3) is 10.0 Å². The molecule has 0 spiro atoms. The van der Waals surface area contributed by atoms with Crippen molar-refractivity contribution in [3.63, 3.8) is 0 Å². The lowest BCUT2D eigenvalue weighted by Crippen LogP contribution is -2.43. The predicted molar refractivity (Wildman–Crippen MR) is 128 cm³/mol. The summed E-state index contributed by atoms with van der Waals surface area (Å²) in [6.45, 7) is 6.43. The summed E-state index contributed by atoms with van der Waals surface area (Å²) in [6.07, 6.45) is 6.15. The smallest absolute Gasteiger partial charge is 0.261 e. The third-order valence-corrected chi connectivity index (χ3v) is 8.48. The Kier molecular flexibility index (Phi) is 6.35. The Bertz CT molecular complexity index is 1050. The summed E-state index contributed by atoms with van der Waals surface area (Å²) in [5.41, 5.74) is 2.11. The van der Waals surface area contributed by atoms with Crippen LogP contribution in [0, 0.1) is 5.92 Å². The van der Waals surface area contributed by atoms with Crippen molar-refractivity contribution in [2.24, 2.45) is 5.92 Å². The van der Waals surface area contributed by atoms with E-state index in [4.69, 9.17) is 0 Å².